The number of alkyl halides is 3. The number of methoxy groups -OCH3 is 1. The van der Waals surface area contributed by atoms with E-state index in [4.69, 9.17) is 0 Å². The molecule has 0 bridgehead atoms. The molecule has 2 amide bonds. The highest BCUT2D eigenvalue weighted by Gasteiger charge is 2.43. The first-order valence-corrected chi connectivity index (χ1v) is 4.55. The Balaban J connectivity index is 2.49. The molecule has 1 fully saturated rings. The van der Waals surface area contributed by atoms with E-state index >= 15 is 0 Å². The van der Waals surface area contributed by atoms with Gasteiger partial charge in [0.1, 0.15) is 0 Å². The van der Waals surface area contributed by atoms with Crippen molar-refractivity contribution >= 4 is 12.0 Å². The summed E-state index contributed by atoms with van der Waals surface area (Å²) in [5, 5.41) is 0. The van der Waals surface area contributed by atoms with E-state index < -0.39 is 18.2 Å². The summed E-state index contributed by atoms with van der Waals surface area (Å²) in [5.41, 5.74) is 0. The summed E-state index contributed by atoms with van der Waals surface area (Å²) < 4.78 is 40.6. The highest BCUT2D eigenvalue weighted by atomic mass is 19.4. The van der Waals surface area contributed by atoms with Gasteiger partial charge in [-0.05, 0) is 0 Å². The SMILES string of the molecule is COC(=O)N1CCN(C(=O)C(F)(F)F)CC1. The van der Waals surface area contributed by atoms with Gasteiger partial charge in [0.15, 0.2) is 0 Å². The molecule has 92 valence electrons. The number of rotatable bonds is 0. The maximum atomic E-state index is 12.1. The molecule has 1 aliphatic rings. The highest BCUT2D eigenvalue weighted by Crippen LogP contribution is 2.19. The Morgan fingerprint density at radius 3 is 1.88 bits per heavy atom. The van der Waals surface area contributed by atoms with Crippen LogP contribution in [0.5, 0.6) is 0 Å². The van der Waals surface area contributed by atoms with Gasteiger partial charge >= 0.3 is 18.2 Å². The predicted molar refractivity (Wildman–Crippen MR) is 46.6 cm³/mol. The summed E-state index contributed by atoms with van der Waals surface area (Å²) in [6.07, 6.45) is -5.45. The molecule has 0 aromatic heterocycles. The molecule has 1 saturated heterocycles. The number of halogens is 3. The van der Waals surface area contributed by atoms with Crippen LogP contribution in [0.1, 0.15) is 0 Å². The predicted octanol–water partition coefficient (Wildman–Crippen LogP) is 0.459. The lowest BCUT2D eigenvalue weighted by Crippen LogP contribution is -2.53. The first-order valence-electron chi connectivity index (χ1n) is 4.55. The molecule has 1 aliphatic heterocycles. The lowest BCUT2D eigenvalue weighted by Gasteiger charge is -2.33. The first-order chi connectivity index (χ1) is 7.36. The molecule has 1 heterocycles. The smallest absolute Gasteiger partial charge is 0.453 e. The van der Waals surface area contributed by atoms with Crippen LogP contribution in [0.3, 0.4) is 0 Å². The summed E-state index contributed by atoms with van der Waals surface area (Å²) in [6, 6.07) is 0. The zero-order chi connectivity index (χ0) is 12.3. The van der Waals surface area contributed by atoms with E-state index in [-0.39, 0.29) is 26.2 Å². The second-order valence-electron chi connectivity index (χ2n) is 3.25. The average Bonchev–Trinajstić information content (AvgIpc) is 2.26. The van der Waals surface area contributed by atoms with Crippen LogP contribution in [-0.4, -0.2) is 61.3 Å². The highest BCUT2D eigenvalue weighted by molar-refractivity contribution is 5.82. The number of piperazine rings is 1. The Labute approximate surface area is 89.7 Å². The molecular formula is C8H11F3N2O3. The Bertz CT molecular complexity index is 285. The van der Waals surface area contributed by atoms with Gasteiger partial charge in [-0.25, -0.2) is 4.79 Å². The van der Waals surface area contributed by atoms with Crippen molar-refractivity contribution in [3.8, 4) is 0 Å². The normalized spacial score (nSPS) is 17.2. The Morgan fingerprint density at radius 1 is 1.06 bits per heavy atom. The molecule has 0 aromatic carbocycles. The summed E-state index contributed by atoms with van der Waals surface area (Å²) in [4.78, 5) is 23.8. The maximum Gasteiger partial charge on any atom is 0.471 e. The van der Waals surface area contributed by atoms with Gasteiger partial charge in [0.05, 0.1) is 7.11 Å². The van der Waals surface area contributed by atoms with E-state index in [1.165, 1.54) is 12.0 Å². The Hall–Kier alpha value is -1.47. The average molecular weight is 240 g/mol. The van der Waals surface area contributed by atoms with Crippen LogP contribution in [-0.2, 0) is 9.53 Å². The molecule has 16 heavy (non-hydrogen) atoms. The molecule has 0 aromatic rings. The van der Waals surface area contributed by atoms with Gasteiger partial charge in [-0.15, -0.1) is 0 Å². The van der Waals surface area contributed by atoms with E-state index in [1.54, 1.807) is 0 Å². The van der Waals surface area contributed by atoms with E-state index in [9.17, 15) is 22.8 Å². The van der Waals surface area contributed by atoms with Crippen LogP contribution in [0.2, 0.25) is 0 Å². The minimum absolute atomic E-state index is 0.0501. The molecule has 0 unspecified atom stereocenters. The van der Waals surface area contributed by atoms with Crippen molar-refractivity contribution in [2.75, 3.05) is 33.3 Å². The number of hydrogen-bond acceptors (Lipinski definition) is 3. The standard InChI is InChI=1S/C8H11F3N2O3/c1-16-7(15)13-4-2-12(3-5-13)6(14)8(9,10)11/h2-5H2,1H3. The molecule has 0 aliphatic carbocycles. The van der Waals surface area contributed by atoms with Crippen molar-refractivity contribution in [3.63, 3.8) is 0 Å². The van der Waals surface area contributed by atoms with Gasteiger partial charge in [-0.2, -0.15) is 13.2 Å². The van der Waals surface area contributed by atoms with Crippen LogP contribution in [0.25, 0.3) is 0 Å². The summed E-state index contributed by atoms with van der Waals surface area (Å²) in [7, 11) is 1.19. The fraction of sp³-hybridized carbons (Fsp3) is 0.750. The van der Waals surface area contributed by atoms with Crippen molar-refractivity contribution in [2.24, 2.45) is 0 Å². The summed E-state index contributed by atoms with van der Waals surface area (Å²) in [6.45, 7) is -0.163. The van der Waals surface area contributed by atoms with Gasteiger partial charge in [0, 0.05) is 26.2 Å². The molecule has 5 nitrogen and oxygen atoms in total. The zero-order valence-electron chi connectivity index (χ0n) is 8.58. The van der Waals surface area contributed by atoms with E-state index in [2.05, 4.69) is 4.74 Å². The molecular weight excluding hydrogens is 229 g/mol. The Morgan fingerprint density at radius 2 is 1.50 bits per heavy atom. The number of ether oxygens (including phenoxy) is 1. The van der Waals surface area contributed by atoms with Crippen molar-refractivity contribution in [3.05, 3.63) is 0 Å². The third-order valence-corrected chi connectivity index (χ3v) is 2.24. The largest absolute Gasteiger partial charge is 0.471 e. The van der Waals surface area contributed by atoms with E-state index in [0.717, 1.165) is 0 Å². The summed E-state index contributed by atoms with van der Waals surface area (Å²) in [5.74, 6) is -1.86. The second-order valence-corrected chi connectivity index (χ2v) is 3.25. The molecule has 8 heteroatoms. The van der Waals surface area contributed by atoms with Crippen LogP contribution in [0, 0.1) is 0 Å². The lowest BCUT2D eigenvalue weighted by atomic mass is 10.3. The van der Waals surface area contributed by atoms with Gasteiger partial charge in [0.25, 0.3) is 0 Å². The van der Waals surface area contributed by atoms with Gasteiger partial charge < -0.3 is 14.5 Å². The van der Waals surface area contributed by atoms with Crippen molar-refractivity contribution in [1.82, 2.24) is 9.80 Å². The molecule has 0 radical (unpaired) electrons. The maximum absolute atomic E-state index is 12.1. The zero-order valence-corrected chi connectivity index (χ0v) is 8.58. The molecule has 0 spiro atoms. The third kappa shape index (κ3) is 2.77. The molecule has 0 N–H and O–H groups in total. The number of carbonyl (C=O) groups excluding carboxylic acids is 2. The van der Waals surface area contributed by atoms with Gasteiger partial charge in [0.2, 0.25) is 0 Å². The topological polar surface area (TPSA) is 49.9 Å². The number of nitrogens with zero attached hydrogens (tertiary/aromatic N) is 2. The van der Waals surface area contributed by atoms with Crippen LogP contribution < -0.4 is 0 Å². The number of amides is 2. The lowest BCUT2D eigenvalue weighted by molar-refractivity contribution is -0.186. The van der Waals surface area contributed by atoms with Crippen molar-refractivity contribution in [2.45, 2.75) is 6.18 Å². The quantitative estimate of drug-likeness (QED) is 0.618. The fourth-order valence-electron chi connectivity index (χ4n) is 1.40. The first kappa shape index (κ1) is 12.6. The minimum Gasteiger partial charge on any atom is -0.453 e. The molecule has 0 atom stereocenters. The van der Waals surface area contributed by atoms with Gasteiger partial charge in [-0.3, -0.25) is 4.79 Å². The number of carbonyl (C=O) groups is 2. The van der Waals surface area contributed by atoms with Gasteiger partial charge in [-0.1, -0.05) is 0 Å². The molecule has 1 rings (SSSR count). The van der Waals surface area contributed by atoms with Crippen molar-refractivity contribution < 1.29 is 27.5 Å². The summed E-state index contributed by atoms with van der Waals surface area (Å²) >= 11 is 0. The van der Waals surface area contributed by atoms with Crippen LogP contribution in [0.15, 0.2) is 0 Å². The monoisotopic (exact) mass is 240 g/mol. The molecule has 0 saturated carbocycles. The van der Waals surface area contributed by atoms with Crippen LogP contribution in [0.4, 0.5) is 18.0 Å². The van der Waals surface area contributed by atoms with Crippen LogP contribution >= 0.6 is 0 Å². The second kappa shape index (κ2) is 4.58. The number of hydrogen-bond donors (Lipinski definition) is 0. The minimum atomic E-state index is -4.85. The van der Waals surface area contributed by atoms with Crippen molar-refractivity contribution in [1.29, 1.82) is 0 Å². The fourth-order valence-corrected chi connectivity index (χ4v) is 1.40. The van der Waals surface area contributed by atoms with E-state index in [1.807, 2.05) is 0 Å². The third-order valence-electron chi connectivity index (χ3n) is 2.24. The Kier molecular flexibility index (Phi) is 3.61. The van der Waals surface area contributed by atoms with E-state index in [0.29, 0.717) is 4.90 Å².